The molecule has 5 heteroatoms. The summed E-state index contributed by atoms with van der Waals surface area (Å²) in [6, 6.07) is 8.27. The van der Waals surface area contributed by atoms with Crippen molar-refractivity contribution in [2.24, 2.45) is 5.92 Å². The van der Waals surface area contributed by atoms with Crippen molar-refractivity contribution in [3.63, 3.8) is 0 Å². The molecule has 0 radical (unpaired) electrons. The van der Waals surface area contributed by atoms with E-state index >= 15 is 0 Å². The van der Waals surface area contributed by atoms with E-state index in [4.69, 9.17) is 0 Å². The largest absolute Gasteiger partial charge is 0.469 e. The number of carbonyl (C=O) groups is 1. The Kier molecular flexibility index (Phi) is 4.90. The van der Waals surface area contributed by atoms with Crippen LogP contribution >= 0.6 is 0 Å². The Hall–Kier alpha value is -1.36. The van der Waals surface area contributed by atoms with Crippen molar-refractivity contribution in [1.82, 2.24) is 0 Å². The van der Waals surface area contributed by atoms with Gasteiger partial charge in [0.05, 0.1) is 17.3 Å². The van der Waals surface area contributed by atoms with Crippen LogP contribution in [0.4, 0.5) is 0 Å². The number of rotatable bonds is 5. The second-order valence-electron chi connectivity index (χ2n) is 4.32. The van der Waals surface area contributed by atoms with Crippen LogP contribution in [0.2, 0.25) is 0 Å². The van der Waals surface area contributed by atoms with E-state index in [0.29, 0.717) is 0 Å². The van der Waals surface area contributed by atoms with Crippen molar-refractivity contribution >= 4 is 15.8 Å². The highest BCUT2D eigenvalue weighted by Crippen LogP contribution is 2.23. The van der Waals surface area contributed by atoms with Gasteiger partial charge in [-0.05, 0) is 25.0 Å². The Morgan fingerprint density at radius 2 is 1.78 bits per heavy atom. The number of benzene rings is 1. The summed E-state index contributed by atoms with van der Waals surface area (Å²) < 4.78 is 29.1. The smallest absolute Gasteiger partial charge is 0.305 e. The number of methoxy groups -OCH3 is 1. The quantitative estimate of drug-likeness (QED) is 0.768. The number of hydrogen-bond donors (Lipinski definition) is 0. The summed E-state index contributed by atoms with van der Waals surface area (Å²) in [4.78, 5) is 11.5. The molecular weight excluding hydrogens is 252 g/mol. The normalized spacial score (nSPS) is 14.8. The second-order valence-corrected chi connectivity index (χ2v) is 6.63. The van der Waals surface area contributed by atoms with Gasteiger partial charge in [0, 0.05) is 6.42 Å². The average molecular weight is 270 g/mol. The van der Waals surface area contributed by atoms with E-state index in [0.717, 1.165) is 0 Å². The lowest BCUT2D eigenvalue weighted by atomic mass is 10.1. The minimum Gasteiger partial charge on any atom is -0.469 e. The SMILES string of the molecule is COC(=O)C[C@@H](C)[C@H](C)S(=O)(=O)c1ccccc1. The predicted octanol–water partition coefficient (Wildman–Crippen LogP) is 2.05. The molecule has 0 aliphatic heterocycles. The van der Waals surface area contributed by atoms with Gasteiger partial charge in [-0.15, -0.1) is 0 Å². The highest BCUT2D eigenvalue weighted by molar-refractivity contribution is 7.92. The van der Waals surface area contributed by atoms with E-state index in [1.54, 1.807) is 44.2 Å². The Bertz CT molecular complexity index is 493. The number of hydrogen-bond acceptors (Lipinski definition) is 4. The molecule has 100 valence electrons. The van der Waals surface area contributed by atoms with Gasteiger partial charge < -0.3 is 4.74 Å². The Labute approximate surface area is 108 Å². The summed E-state index contributed by atoms with van der Waals surface area (Å²) in [5.74, 6) is -0.680. The van der Waals surface area contributed by atoms with Crippen molar-refractivity contribution < 1.29 is 17.9 Å². The molecule has 0 bridgehead atoms. The van der Waals surface area contributed by atoms with Gasteiger partial charge in [0.25, 0.3) is 0 Å². The molecule has 0 heterocycles. The van der Waals surface area contributed by atoms with Crippen LogP contribution in [-0.4, -0.2) is 26.7 Å². The fraction of sp³-hybridized carbons (Fsp3) is 0.462. The molecular formula is C13H18O4S. The highest BCUT2D eigenvalue weighted by atomic mass is 32.2. The van der Waals surface area contributed by atoms with Gasteiger partial charge in [0.1, 0.15) is 0 Å². The van der Waals surface area contributed by atoms with Gasteiger partial charge in [0.2, 0.25) is 0 Å². The molecule has 1 aromatic carbocycles. The van der Waals surface area contributed by atoms with Crippen molar-refractivity contribution in [2.45, 2.75) is 30.4 Å². The molecule has 2 atom stereocenters. The molecule has 18 heavy (non-hydrogen) atoms. The summed E-state index contributed by atoms with van der Waals surface area (Å²) in [5.41, 5.74) is 0. The van der Waals surface area contributed by atoms with Crippen LogP contribution in [0, 0.1) is 5.92 Å². The lowest BCUT2D eigenvalue weighted by Crippen LogP contribution is -2.27. The zero-order valence-corrected chi connectivity index (χ0v) is 11.6. The molecule has 0 N–H and O–H groups in total. The van der Waals surface area contributed by atoms with Crippen LogP contribution in [0.25, 0.3) is 0 Å². The third-order valence-corrected chi connectivity index (χ3v) is 5.45. The van der Waals surface area contributed by atoms with E-state index in [1.807, 2.05) is 0 Å². The van der Waals surface area contributed by atoms with Crippen LogP contribution in [0.5, 0.6) is 0 Å². The highest BCUT2D eigenvalue weighted by Gasteiger charge is 2.29. The molecule has 0 aliphatic carbocycles. The molecule has 0 aromatic heterocycles. The van der Waals surface area contributed by atoms with Gasteiger partial charge >= 0.3 is 5.97 Å². The van der Waals surface area contributed by atoms with Gasteiger partial charge in [-0.1, -0.05) is 25.1 Å². The van der Waals surface area contributed by atoms with E-state index < -0.39 is 21.1 Å². The molecule has 0 spiro atoms. The van der Waals surface area contributed by atoms with Crippen molar-refractivity contribution in [3.05, 3.63) is 30.3 Å². The van der Waals surface area contributed by atoms with E-state index in [-0.39, 0.29) is 17.2 Å². The summed E-state index contributed by atoms with van der Waals surface area (Å²) in [6.07, 6.45) is 0.101. The third kappa shape index (κ3) is 3.32. The predicted molar refractivity (Wildman–Crippen MR) is 68.9 cm³/mol. The molecule has 0 amide bonds. The Morgan fingerprint density at radius 1 is 1.22 bits per heavy atom. The zero-order valence-electron chi connectivity index (χ0n) is 10.8. The monoisotopic (exact) mass is 270 g/mol. The first kappa shape index (κ1) is 14.7. The Morgan fingerprint density at radius 3 is 2.28 bits per heavy atom. The van der Waals surface area contributed by atoms with Crippen LogP contribution in [0.15, 0.2) is 35.2 Å². The molecule has 0 saturated heterocycles. The van der Waals surface area contributed by atoms with Crippen LogP contribution in [0.1, 0.15) is 20.3 Å². The molecule has 0 fully saturated rings. The first-order chi connectivity index (χ1) is 8.39. The lowest BCUT2D eigenvalue weighted by Gasteiger charge is -2.19. The summed E-state index contributed by atoms with van der Waals surface area (Å²) in [6.45, 7) is 3.36. The van der Waals surface area contributed by atoms with Gasteiger partial charge in [0.15, 0.2) is 9.84 Å². The van der Waals surface area contributed by atoms with Crippen molar-refractivity contribution in [1.29, 1.82) is 0 Å². The van der Waals surface area contributed by atoms with Crippen LogP contribution in [-0.2, 0) is 19.4 Å². The van der Waals surface area contributed by atoms with E-state index in [9.17, 15) is 13.2 Å². The van der Waals surface area contributed by atoms with E-state index in [2.05, 4.69) is 4.74 Å². The van der Waals surface area contributed by atoms with Gasteiger partial charge in [-0.25, -0.2) is 8.42 Å². The molecule has 0 aliphatic rings. The second kappa shape index (κ2) is 6.00. The van der Waals surface area contributed by atoms with Gasteiger partial charge in [-0.2, -0.15) is 0 Å². The Balaban J connectivity index is 2.89. The topological polar surface area (TPSA) is 60.4 Å². The fourth-order valence-electron chi connectivity index (χ4n) is 1.64. The zero-order chi connectivity index (χ0) is 13.8. The number of esters is 1. The summed E-state index contributed by atoms with van der Waals surface area (Å²) in [5, 5.41) is -0.626. The molecule has 4 nitrogen and oxygen atoms in total. The minimum absolute atomic E-state index is 0.101. The van der Waals surface area contributed by atoms with E-state index in [1.165, 1.54) is 7.11 Å². The third-order valence-electron chi connectivity index (χ3n) is 3.08. The minimum atomic E-state index is -3.40. The maximum absolute atomic E-state index is 12.3. The molecule has 1 aromatic rings. The number of carbonyl (C=O) groups excluding carboxylic acids is 1. The average Bonchev–Trinajstić information content (AvgIpc) is 2.38. The molecule has 0 unspecified atom stereocenters. The number of sulfone groups is 1. The van der Waals surface area contributed by atoms with Crippen LogP contribution in [0.3, 0.4) is 0 Å². The molecule has 1 rings (SSSR count). The standard InChI is InChI=1S/C13H18O4S/c1-10(9-13(14)17-3)11(2)18(15,16)12-7-5-4-6-8-12/h4-8,10-11H,9H2,1-3H3/t10-,11+/m1/s1. The van der Waals surface area contributed by atoms with Gasteiger partial charge in [-0.3, -0.25) is 4.79 Å². The van der Waals surface area contributed by atoms with Crippen LogP contribution < -0.4 is 0 Å². The first-order valence-corrected chi connectivity index (χ1v) is 7.30. The maximum Gasteiger partial charge on any atom is 0.305 e. The first-order valence-electron chi connectivity index (χ1n) is 5.75. The maximum atomic E-state index is 12.3. The molecule has 0 saturated carbocycles. The number of ether oxygens (including phenoxy) is 1. The lowest BCUT2D eigenvalue weighted by molar-refractivity contribution is -0.141. The summed E-state index contributed by atoms with van der Waals surface area (Å²) >= 11 is 0. The summed E-state index contributed by atoms with van der Waals surface area (Å²) in [7, 11) is -2.10. The fourth-order valence-corrected chi connectivity index (χ4v) is 3.32. The van der Waals surface area contributed by atoms with Crippen molar-refractivity contribution in [2.75, 3.05) is 7.11 Å². The van der Waals surface area contributed by atoms with Crippen molar-refractivity contribution in [3.8, 4) is 0 Å².